The summed E-state index contributed by atoms with van der Waals surface area (Å²) >= 11 is 0. The van der Waals surface area contributed by atoms with E-state index in [9.17, 15) is 14.4 Å². The SMILES string of the molecule is CCCCCC(=O)N1CC[C@@H](CC(=O)N2CCC(C(=O)OC)CC2)[C@@H](CC)C1. The van der Waals surface area contributed by atoms with Crippen LogP contribution in [0, 0.1) is 17.8 Å². The van der Waals surface area contributed by atoms with E-state index in [0.717, 1.165) is 45.2 Å². The Morgan fingerprint density at radius 2 is 1.57 bits per heavy atom. The molecule has 0 radical (unpaired) electrons. The quantitative estimate of drug-likeness (QED) is 0.468. The first kappa shape index (κ1) is 22.7. The fourth-order valence-corrected chi connectivity index (χ4v) is 4.61. The Bertz CT molecular complexity index is 529. The van der Waals surface area contributed by atoms with Crippen molar-refractivity contribution in [3.63, 3.8) is 0 Å². The third-order valence-electron chi connectivity index (χ3n) is 6.58. The molecule has 2 fully saturated rings. The van der Waals surface area contributed by atoms with Crippen molar-refractivity contribution < 1.29 is 19.1 Å². The Balaban J connectivity index is 1.80. The lowest BCUT2D eigenvalue weighted by Gasteiger charge is -2.39. The Hall–Kier alpha value is -1.59. The number of ether oxygens (including phenoxy) is 1. The number of esters is 1. The van der Waals surface area contributed by atoms with Crippen LogP contribution in [-0.4, -0.2) is 60.9 Å². The number of hydrogen-bond donors (Lipinski definition) is 0. The van der Waals surface area contributed by atoms with Gasteiger partial charge in [0.25, 0.3) is 0 Å². The van der Waals surface area contributed by atoms with Gasteiger partial charge in [0.1, 0.15) is 0 Å². The topological polar surface area (TPSA) is 66.9 Å². The molecule has 0 aromatic heterocycles. The third-order valence-corrected chi connectivity index (χ3v) is 6.58. The van der Waals surface area contributed by atoms with Crippen LogP contribution in [0.5, 0.6) is 0 Å². The summed E-state index contributed by atoms with van der Waals surface area (Å²) in [6.45, 7) is 7.18. The van der Waals surface area contributed by atoms with Crippen molar-refractivity contribution in [3.8, 4) is 0 Å². The first-order valence-corrected chi connectivity index (χ1v) is 11.1. The van der Waals surface area contributed by atoms with Gasteiger partial charge in [0.2, 0.25) is 11.8 Å². The summed E-state index contributed by atoms with van der Waals surface area (Å²) in [5.74, 6) is 1.01. The number of piperidine rings is 2. The minimum atomic E-state index is -0.158. The molecule has 2 aliphatic rings. The molecule has 0 aromatic rings. The zero-order valence-electron chi connectivity index (χ0n) is 18.0. The van der Waals surface area contributed by atoms with E-state index in [0.29, 0.717) is 50.6 Å². The molecule has 2 heterocycles. The number of likely N-dealkylation sites (tertiary alicyclic amines) is 2. The van der Waals surface area contributed by atoms with Crippen LogP contribution in [-0.2, 0) is 19.1 Å². The van der Waals surface area contributed by atoms with Crippen LogP contribution in [0.2, 0.25) is 0 Å². The fraction of sp³-hybridized carbons (Fsp3) is 0.864. The highest BCUT2D eigenvalue weighted by Crippen LogP contribution is 2.31. The maximum atomic E-state index is 12.8. The van der Waals surface area contributed by atoms with Gasteiger partial charge in [-0.25, -0.2) is 0 Å². The van der Waals surface area contributed by atoms with Crippen molar-refractivity contribution in [3.05, 3.63) is 0 Å². The number of carbonyl (C=O) groups is 3. The highest BCUT2D eigenvalue weighted by atomic mass is 16.5. The summed E-state index contributed by atoms with van der Waals surface area (Å²) in [7, 11) is 1.42. The predicted octanol–water partition coefficient (Wildman–Crippen LogP) is 3.24. The first-order chi connectivity index (χ1) is 13.5. The molecule has 160 valence electrons. The lowest BCUT2D eigenvalue weighted by molar-refractivity contribution is -0.149. The molecule has 2 saturated heterocycles. The molecule has 28 heavy (non-hydrogen) atoms. The molecule has 0 bridgehead atoms. The van der Waals surface area contributed by atoms with Crippen LogP contribution < -0.4 is 0 Å². The molecule has 6 nitrogen and oxygen atoms in total. The molecule has 0 N–H and O–H groups in total. The van der Waals surface area contributed by atoms with Crippen molar-refractivity contribution in [1.82, 2.24) is 9.80 Å². The lowest BCUT2D eigenvalue weighted by atomic mass is 9.81. The molecule has 2 rings (SSSR count). The van der Waals surface area contributed by atoms with E-state index in [1.165, 1.54) is 7.11 Å². The Labute approximate surface area is 170 Å². The summed E-state index contributed by atoms with van der Waals surface area (Å²) in [5, 5.41) is 0. The largest absolute Gasteiger partial charge is 0.469 e. The van der Waals surface area contributed by atoms with Gasteiger partial charge >= 0.3 is 5.97 Å². The Morgan fingerprint density at radius 1 is 0.893 bits per heavy atom. The highest BCUT2D eigenvalue weighted by Gasteiger charge is 2.34. The van der Waals surface area contributed by atoms with E-state index in [1.54, 1.807) is 0 Å². The van der Waals surface area contributed by atoms with Crippen LogP contribution in [0.3, 0.4) is 0 Å². The number of nitrogens with zero attached hydrogens (tertiary/aromatic N) is 2. The number of carbonyl (C=O) groups excluding carboxylic acids is 3. The molecule has 2 aliphatic heterocycles. The average molecular weight is 395 g/mol. The van der Waals surface area contributed by atoms with Gasteiger partial charge in [-0.15, -0.1) is 0 Å². The Morgan fingerprint density at radius 3 is 2.18 bits per heavy atom. The summed E-state index contributed by atoms with van der Waals surface area (Å²) in [6, 6.07) is 0. The second-order valence-corrected chi connectivity index (χ2v) is 8.40. The predicted molar refractivity (Wildman–Crippen MR) is 109 cm³/mol. The third kappa shape index (κ3) is 6.21. The average Bonchev–Trinajstić information content (AvgIpc) is 2.73. The number of amides is 2. The van der Waals surface area contributed by atoms with Gasteiger partial charge in [0.05, 0.1) is 13.0 Å². The molecular weight excluding hydrogens is 356 g/mol. The minimum absolute atomic E-state index is 0.0700. The van der Waals surface area contributed by atoms with E-state index in [-0.39, 0.29) is 23.7 Å². The first-order valence-electron chi connectivity index (χ1n) is 11.1. The van der Waals surface area contributed by atoms with Crippen molar-refractivity contribution in [2.75, 3.05) is 33.3 Å². The van der Waals surface area contributed by atoms with Crippen LogP contribution >= 0.6 is 0 Å². The van der Waals surface area contributed by atoms with E-state index >= 15 is 0 Å². The second-order valence-electron chi connectivity index (χ2n) is 8.40. The smallest absolute Gasteiger partial charge is 0.308 e. The molecule has 0 spiro atoms. The normalized spacial score (nSPS) is 23.5. The zero-order chi connectivity index (χ0) is 20.5. The number of unbranched alkanes of at least 4 members (excludes halogenated alkanes) is 2. The minimum Gasteiger partial charge on any atom is -0.469 e. The van der Waals surface area contributed by atoms with Crippen LogP contribution in [0.25, 0.3) is 0 Å². The molecule has 0 saturated carbocycles. The van der Waals surface area contributed by atoms with E-state index in [2.05, 4.69) is 13.8 Å². The van der Waals surface area contributed by atoms with Crippen molar-refractivity contribution >= 4 is 17.8 Å². The monoisotopic (exact) mass is 394 g/mol. The lowest BCUT2D eigenvalue weighted by Crippen LogP contribution is -2.46. The van der Waals surface area contributed by atoms with Crippen molar-refractivity contribution in [1.29, 1.82) is 0 Å². The maximum absolute atomic E-state index is 12.8. The number of hydrogen-bond acceptors (Lipinski definition) is 4. The van der Waals surface area contributed by atoms with Gasteiger partial charge < -0.3 is 14.5 Å². The molecule has 2 atom stereocenters. The van der Waals surface area contributed by atoms with E-state index < -0.39 is 0 Å². The summed E-state index contributed by atoms with van der Waals surface area (Å²) in [5.41, 5.74) is 0. The molecule has 0 aliphatic carbocycles. The second kappa shape index (κ2) is 11.4. The van der Waals surface area contributed by atoms with Crippen LogP contribution in [0.1, 0.15) is 71.6 Å². The highest BCUT2D eigenvalue weighted by molar-refractivity contribution is 5.78. The molecular formula is C22H38N2O4. The zero-order valence-corrected chi connectivity index (χ0v) is 18.0. The standard InChI is InChI=1S/C22H38N2O4/c1-4-6-7-8-20(25)24-14-11-19(17(5-2)16-24)15-21(26)23-12-9-18(10-13-23)22(27)28-3/h17-19H,4-16H2,1-3H3/t17-,19-/m0/s1. The Kier molecular flexibility index (Phi) is 9.26. The van der Waals surface area contributed by atoms with Gasteiger partial charge in [0.15, 0.2) is 0 Å². The van der Waals surface area contributed by atoms with Gasteiger partial charge in [-0.2, -0.15) is 0 Å². The van der Waals surface area contributed by atoms with Gasteiger partial charge in [-0.3, -0.25) is 14.4 Å². The molecule has 0 aromatic carbocycles. The number of methoxy groups -OCH3 is 1. The summed E-state index contributed by atoms with van der Waals surface area (Å²) in [4.78, 5) is 40.8. The molecule has 2 amide bonds. The van der Waals surface area contributed by atoms with E-state index in [1.807, 2.05) is 9.80 Å². The van der Waals surface area contributed by atoms with Gasteiger partial charge in [-0.05, 0) is 37.5 Å². The van der Waals surface area contributed by atoms with Gasteiger partial charge in [0, 0.05) is 39.0 Å². The summed E-state index contributed by atoms with van der Waals surface area (Å²) in [6.07, 6.45) is 7.75. The van der Waals surface area contributed by atoms with Crippen LogP contribution in [0.15, 0.2) is 0 Å². The molecule has 6 heteroatoms. The van der Waals surface area contributed by atoms with Crippen LogP contribution in [0.4, 0.5) is 0 Å². The van der Waals surface area contributed by atoms with E-state index in [4.69, 9.17) is 4.74 Å². The maximum Gasteiger partial charge on any atom is 0.308 e. The fourth-order valence-electron chi connectivity index (χ4n) is 4.61. The van der Waals surface area contributed by atoms with Crippen molar-refractivity contribution in [2.24, 2.45) is 17.8 Å². The van der Waals surface area contributed by atoms with Crippen molar-refractivity contribution in [2.45, 2.75) is 71.6 Å². The number of rotatable bonds is 8. The summed E-state index contributed by atoms with van der Waals surface area (Å²) < 4.78 is 4.82. The molecule has 0 unspecified atom stereocenters. The van der Waals surface area contributed by atoms with Gasteiger partial charge in [-0.1, -0.05) is 33.1 Å².